The summed E-state index contributed by atoms with van der Waals surface area (Å²) in [4.78, 5) is 76.9. The lowest BCUT2D eigenvalue weighted by Gasteiger charge is -2.50. The third kappa shape index (κ3) is 11.3. The van der Waals surface area contributed by atoms with E-state index in [0.29, 0.717) is 69.5 Å². The van der Waals surface area contributed by atoms with Crippen molar-refractivity contribution in [2.75, 3.05) is 80.2 Å². The van der Waals surface area contributed by atoms with E-state index in [1.54, 1.807) is 38.3 Å². The minimum atomic E-state index is -1.99. The first-order valence-corrected chi connectivity index (χ1v) is 31.2. The number of alkyl halides is 1. The van der Waals surface area contributed by atoms with Crippen LogP contribution < -0.4 is 20.7 Å². The lowest BCUT2D eigenvalue weighted by atomic mass is 9.85. The van der Waals surface area contributed by atoms with Crippen LogP contribution in [-0.4, -0.2) is 175 Å². The van der Waals surface area contributed by atoms with Crippen LogP contribution in [0.4, 0.5) is 4.39 Å². The van der Waals surface area contributed by atoms with Gasteiger partial charge in [0, 0.05) is 73.7 Å². The summed E-state index contributed by atoms with van der Waals surface area (Å²) in [5, 5.41) is 23.3. The van der Waals surface area contributed by atoms with Crippen molar-refractivity contribution in [2.45, 2.75) is 128 Å². The van der Waals surface area contributed by atoms with Crippen LogP contribution in [0.15, 0.2) is 72.2 Å². The summed E-state index contributed by atoms with van der Waals surface area (Å²) in [7, 11) is 3.51. The summed E-state index contributed by atoms with van der Waals surface area (Å²) in [6, 6.07) is 19.6. The van der Waals surface area contributed by atoms with Gasteiger partial charge in [0.15, 0.2) is 11.4 Å². The van der Waals surface area contributed by atoms with Gasteiger partial charge in [-0.25, -0.2) is 9.37 Å². The number of carbonyl (C=O) groups is 5. The predicted octanol–water partition coefficient (Wildman–Crippen LogP) is 7.17. The molecule has 23 heteroatoms. The van der Waals surface area contributed by atoms with Crippen LogP contribution in [0.1, 0.15) is 93.2 Å². The van der Waals surface area contributed by atoms with Crippen molar-refractivity contribution in [2.24, 2.45) is 5.41 Å². The maximum Gasteiger partial charge on any atom is 0.258 e. The van der Waals surface area contributed by atoms with Gasteiger partial charge in [-0.3, -0.25) is 24.0 Å². The SMILES string of the molecule is CO[C@@H]1C(N(C)C(=O)CCOCCOCCOCCOCCOc2cc(-c3scnc3C)ccc2CNC(=O)C2C[C@@H](O)CN2C(=O)[C@@H](NC(=O)C2(F)CC2)C(C)(C)C)C[C@H]2O[C@]1(C)n1c3ccccc3c3c4c(c5c6ccccc6n2c5c31)C(=O)NC4. The first kappa shape index (κ1) is 61.2. The Balaban J connectivity index is 0.583. The second kappa shape index (κ2) is 24.7. The second-order valence-corrected chi connectivity index (χ2v) is 25.7. The zero-order chi connectivity index (χ0) is 61.8. The molecule has 5 aliphatic rings. The number of nitrogens with zero attached hydrogens (tertiary/aromatic N) is 5. The van der Waals surface area contributed by atoms with Crippen molar-refractivity contribution in [3.05, 3.63) is 94.6 Å². The number of ether oxygens (including phenoxy) is 7. The van der Waals surface area contributed by atoms with Crippen LogP contribution in [0.5, 0.6) is 5.75 Å². The molecule has 5 amide bonds. The number of hydrogen-bond donors (Lipinski definition) is 4. The number of β-amino-alcohol motifs (C(OH)–C–C–N with tert-alkyl or cyclic N) is 1. The molecule has 12 rings (SSSR count). The van der Waals surface area contributed by atoms with E-state index in [0.717, 1.165) is 65.3 Å². The zero-order valence-electron chi connectivity index (χ0n) is 50.8. The van der Waals surface area contributed by atoms with Gasteiger partial charge in [-0.15, -0.1) is 11.3 Å². The number of thiazole rings is 1. The molecule has 468 valence electrons. The number of nitrogens with one attached hydrogen (secondary N) is 3. The molecule has 7 atom stereocenters. The molecule has 21 nitrogen and oxygen atoms in total. The number of fused-ring (bicyclic) bond motifs is 13. The van der Waals surface area contributed by atoms with Gasteiger partial charge in [-0.1, -0.05) is 69.3 Å². The Kier molecular flexibility index (Phi) is 17.2. The standard InChI is InChI=1S/C65H77FN8O13S/c1-37-56(88-36-69-37)38-16-17-39(33-67-59(77)47-31-40(75)35-72(47)61(79)57(63(2,3)4)70-62(80)65(66)19-20-65)48(30-38)86-29-28-85-27-26-84-25-24-83-23-22-82-21-18-49(76)71(6)46-32-50-73-44-14-10-8-12-41(44)52-53-43(34-68-60(53)78)51-42-13-9-11-15-45(42)74(55(51)54(52)73)64(5,87-50)58(46)81-7/h8-17,30,36,40,46-47,50,57-58,75H,18-29,31-35H2,1-7H3,(H,67,77)(H,68,78)(H,70,80)/t40-,46?,47?,50-,57-,58-,64+/m1/s1. The molecule has 2 bridgehead atoms. The largest absolute Gasteiger partial charge is 0.491 e. The lowest BCUT2D eigenvalue weighted by Crippen LogP contribution is -2.61. The Morgan fingerprint density at radius 2 is 1.56 bits per heavy atom. The molecule has 4 aliphatic heterocycles. The molecule has 1 saturated carbocycles. The van der Waals surface area contributed by atoms with Crippen LogP contribution in [-0.2, 0) is 66.4 Å². The highest BCUT2D eigenvalue weighted by Gasteiger charge is 2.56. The maximum atomic E-state index is 14.7. The molecule has 0 radical (unpaired) electrons. The van der Waals surface area contributed by atoms with Crippen molar-refractivity contribution in [1.82, 2.24) is 39.9 Å². The van der Waals surface area contributed by atoms with Crippen LogP contribution in [0, 0.1) is 12.3 Å². The van der Waals surface area contributed by atoms with Crippen LogP contribution in [0.25, 0.3) is 54.1 Å². The van der Waals surface area contributed by atoms with Gasteiger partial charge in [0.2, 0.25) is 17.7 Å². The number of aliphatic hydroxyl groups is 1. The normalized spacial score (nSPS) is 22.1. The van der Waals surface area contributed by atoms with Gasteiger partial charge in [-0.2, -0.15) is 0 Å². The fraction of sp³-hybridized carbons (Fsp3) is 0.508. The summed E-state index contributed by atoms with van der Waals surface area (Å²) in [6.45, 7) is 12.2. The Hall–Kier alpha value is -7.09. The minimum Gasteiger partial charge on any atom is -0.491 e. The highest BCUT2D eigenvalue weighted by atomic mass is 32.1. The Bertz CT molecular complexity index is 3840. The quantitative estimate of drug-likeness (QED) is 0.0416. The number of benzene rings is 4. The van der Waals surface area contributed by atoms with E-state index < -0.39 is 71.1 Å². The number of aryl methyl sites for hydroxylation is 1. The van der Waals surface area contributed by atoms with E-state index in [1.165, 1.54) is 16.2 Å². The fourth-order valence-corrected chi connectivity index (χ4v) is 14.3. The number of aromatic nitrogens is 3. The zero-order valence-corrected chi connectivity index (χ0v) is 51.6. The van der Waals surface area contributed by atoms with Crippen LogP contribution in [0.2, 0.25) is 0 Å². The minimum absolute atomic E-state index is 0.00268. The molecule has 4 N–H and O–H groups in total. The van der Waals surface area contributed by atoms with Crippen molar-refractivity contribution < 1.29 is 66.6 Å². The molecular formula is C65H77FN8O13S. The molecule has 1 aliphatic carbocycles. The van der Waals surface area contributed by atoms with Crippen molar-refractivity contribution in [3.63, 3.8) is 0 Å². The van der Waals surface area contributed by atoms with Crippen molar-refractivity contribution >= 4 is 84.5 Å². The number of likely N-dealkylation sites (N-methyl/N-ethyl adjacent to an activating group) is 1. The van der Waals surface area contributed by atoms with Gasteiger partial charge in [-0.05, 0) is 61.4 Å². The van der Waals surface area contributed by atoms with E-state index in [4.69, 9.17) is 33.2 Å². The van der Waals surface area contributed by atoms with Gasteiger partial charge < -0.3 is 73.1 Å². The number of amides is 5. The number of halogens is 1. The summed E-state index contributed by atoms with van der Waals surface area (Å²) < 4.78 is 62.4. The van der Waals surface area contributed by atoms with Crippen molar-refractivity contribution in [1.29, 1.82) is 0 Å². The molecule has 7 aromatic rings. The molecule has 4 aromatic carbocycles. The molecular weight excluding hydrogens is 1150 g/mol. The molecule has 7 heterocycles. The first-order valence-electron chi connectivity index (χ1n) is 30.3. The average molecular weight is 1230 g/mol. The second-order valence-electron chi connectivity index (χ2n) is 24.8. The maximum absolute atomic E-state index is 14.7. The Morgan fingerprint density at radius 1 is 0.898 bits per heavy atom. The Morgan fingerprint density at radius 3 is 2.22 bits per heavy atom. The summed E-state index contributed by atoms with van der Waals surface area (Å²) in [6.07, 6.45) is -1.24. The first-order chi connectivity index (χ1) is 42.3. The Labute approximate surface area is 513 Å². The highest BCUT2D eigenvalue weighted by Crippen LogP contribution is 2.54. The molecule has 3 aromatic heterocycles. The molecule has 2 saturated heterocycles. The number of methoxy groups -OCH3 is 1. The molecule has 2 unspecified atom stereocenters. The van der Waals surface area contributed by atoms with E-state index >= 15 is 0 Å². The number of rotatable bonds is 25. The van der Waals surface area contributed by atoms with Gasteiger partial charge in [0.25, 0.3) is 11.8 Å². The molecule has 0 spiro atoms. The summed E-state index contributed by atoms with van der Waals surface area (Å²) in [5.74, 6) is -1.54. The van der Waals surface area contributed by atoms with Gasteiger partial charge in [0.1, 0.15) is 36.8 Å². The van der Waals surface area contributed by atoms with Crippen LogP contribution >= 0.6 is 11.3 Å². The average Bonchev–Trinajstić information content (AvgIpc) is 1.50. The third-order valence-electron chi connectivity index (χ3n) is 18.0. The lowest BCUT2D eigenvalue weighted by molar-refractivity contribution is -0.266. The smallest absolute Gasteiger partial charge is 0.258 e. The fourth-order valence-electron chi connectivity index (χ4n) is 13.5. The van der Waals surface area contributed by atoms with E-state index in [1.807, 2.05) is 56.4 Å². The third-order valence-corrected chi connectivity index (χ3v) is 19.0. The number of hydrogen-bond acceptors (Lipinski definition) is 15. The monoisotopic (exact) mass is 1230 g/mol. The van der Waals surface area contributed by atoms with Gasteiger partial charge >= 0.3 is 0 Å². The van der Waals surface area contributed by atoms with Gasteiger partial charge in [0.05, 0.1) is 115 Å². The summed E-state index contributed by atoms with van der Waals surface area (Å²) >= 11 is 1.50. The van der Waals surface area contributed by atoms with E-state index in [9.17, 15) is 33.5 Å². The number of aliphatic hydroxyl groups excluding tert-OH is 1. The number of carbonyl (C=O) groups excluding carboxylic acids is 5. The summed E-state index contributed by atoms with van der Waals surface area (Å²) in [5.41, 5.74) is 5.87. The van der Waals surface area contributed by atoms with Crippen molar-refractivity contribution in [3.8, 4) is 16.2 Å². The van der Waals surface area contributed by atoms with E-state index in [2.05, 4.69) is 61.3 Å². The molecule has 3 fully saturated rings. The number of para-hydroxylation sites is 2. The molecule has 88 heavy (non-hydrogen) atoms. The van der Waals surface area contributed by atoms with E-state index in [-0.39, 0.29) is 70.4 Å². The number of likely N-dealkylation sites (tertiary alicyclic amines) is 1. The highest BCUT2D eigenvalue weighted by molar-refractivity contribution is 7.13. The predicted molar refractivity (Wildman–Crippen MR) is 327 cm³/mol. The van der Waals surface area contributed by atoms with Crippen LogP contribution in [0.3, 0.4) is 0 Å². The topological polar surface area (TPSA) is 236 Å².